The Hall–Kier alpha value is -3.61. The summed E-state index contributed by atoms with van der Waals surface area (Å²) in [6.45, 7) is 1.86. The molecule has 1 unspecified atom stereocenters. The zero-order valence-electron chi connectivity index (χ0n) is 18.4. The van der Waals surface area contributed by atoms with Gasteiger partial charge in [0.05, 0.1) is 0 Å². The number of nitrogens with one attached hydrogen (secondary N) is 3. The zero-order valence-corrected chi connectivity index (χ0v) is 18.4. The van der Waals surface area contributed by atoms with E-state index in [1.807, 2.05) is 12.3 Å². The average molecular weight is 441 g/mol. The van der Waals surface area contributed by atoms with Crippen molar-refractivity contribution in [2.24, 2.45) is 0 Å². The lowest BCUT2D eigenvalue weighted by molar-refractivity contribution is -0.124. The van der Waals surface area contributed by atoms with Crippen molar-refractivity contribution in [3.63, 3.8) is 0 Å². The Morgan fingerprint density at radius 3 is 2.94 bits per heavy atom. The van der Waals surface area contributed by atoms with Crippen LogP contribution in [0.3, 0.4) is 0 Å². The van der Waals surface area contributed by atoms with Crippen molar-refractivity contribution in [2.45, 2.75) is 31.8 Å². The Morgan fingerprint density at radius 2 is 2.09 bits per heavy atom. The number of H-pyrrole nitrogens is 2. The van der Waals surface area contributed by atoms with Gasteiger partial charge in [-0.2, -0.15) is 0 Å². The van der Waals surface area contributed by atoms with E-state index in [4.69, 9.17) is 5.21 Å². The van der Waals surface area contributed by atoms with Crippen molar-refractivity contribution in [3.8, 4) is 0 Å². The number of hydrogen-bond acceptors (Lipinski definition) is 3. The van der Waals surface area contributed by atoms with Gasteiger partial charge in [-0.1, -0.05) is 36.4 Å². The lowest BCUT2D eigenvalue weighted by Gasteiger charge is -2.29. The molecule has 0 radical (unpaired) electrons. The van der Waals surface area contributed by atoms with Crippen LogP contribution in [0.2, 0.25) is 0 Å². The zero-order chi connectivity index (χ0) is 22.6. The minimum Gasteiger partial charge on any atom is -0.367 e. The molecule has 5 rings (SSSR count). The van der Waals surface area contributed by atoms with Crippen LogP contribution in [-0.2, 0) is 24.2 Å². The lowest BCUT2D eigenvalue weighted by Crippen LogP contribution is -2.29. The van der Waals surface area contributed by atoms with Crippen LogP contribution in [0.1, 0.15) is 40.3 Å². The van der Waals surface area contributed by atoms with Crippen molar-refractivity contribution >= 4 is 22.9 Å². The summed E-state index contributed by atoms with van der Waals surface area (Å²) < 4.78 is 0. The predicted molar refractivity (Wildman–Crippen MR) is 130 cm³/mol. The summed E-state index contributed by atoms with van der Waals surface area (Å²) in [6.07, 6.45) is 12.4. The first kappa shape index (κ1) is 21.2. The molecular weight excluding hydrogens is 412 g/mol. The number of aromatic nitrogens is 2. The monoisotopic (exact) mass is 440 g/mol. The number of aromatic amines is 2. The highest BCUT2D eigenvalue weighted by atomic mass is 16.5. The summed E-state index contributed by atoms with van der Waals surface area (Å²) in [5, 5.41) is 9.99. The standard InChI is InChI=1S/C27H28N4O2/c32-27(30-33)10-6-19-5-8-24-21(15-19)7-9-26(24)31(18-20-11-13-28-16-20)14-12-22-17-29-25-4-2-1-3-23(22)25/h1-6,8,10-11,13,15-17,26,28-29,33H,7,9,12,14,18H2,(H,30,32). The molecule has 4 N–H and O–H groups in total. The van der Waals surface area contributed by atoms with Gasteiger partial charge >= 0.3 is 0 Å². The lowest BCUT2D eigenvalue weighted by atomic mass is 10.0. The first-order valence-electron chi connectivity index (χ1n) is 11.4. The van der Waals surface area contributed by atoms with Crippen LogP contribution < -0.4 is 5.48 Å². The highest BCUT2D eigenvalue weighted by molar-refractivity contribution is 5.90. The number of hydrogen-bond donors (Lipinski definition) is 4. The molecule has 1 aliphatic rings. The Labute approximate surface area is 192 Å². The number of nitrogens with zero attached hydrogens (tertiary/aromatic N) is 1. The van der Waals surface area contributed by atoms with Gasteiger partial charge in [-0.15, -0.1) is 0 Å². The third kappa shape index (κ3) is 4.62. The minimum absolute atomic E-state index is 0.360. The van der Waals surface area contributed by atoms with Gasteiger partial charge in [-0.25, -0.2) is 5.48 Å². The third-order valence-corrected chi connectivity index (χ3v) is 6.58. The molecule has 0 bridgehead atoms. The molecule has 2 heterocycles. The largest absolute Gasteiger partial charge is 0.367 e. The predicted octanol–water partition coefficient (Wildman–Crippen LogP) is 4.75. The van der Waals surface area contributed by atoms with E-state index >= 15 is 0 Å². The molecule has 2 aromatic heterocycles. The summed E-state index contributed by atoms with van der Waals surface area (Å²) in [5.74, 6) is -0.525. The van der Waals surface area contributed by atoms with E-state index in [0.717, 1.165) is 37.9 Å². The van der Waals surface area contributed by atoms with Gasteiger partial charge < -0.3 is 9.97 Å². The maximum absolute atomic E-state index is 11.3. The smallest absolute Gasteiger partial charge is 0.267 e. The molecule has 0 spiro atoms. The van der Waals surface area contributed by atoms with Gasteiger partial charge in [-0.05, 0) is 65.3 Å². The fraction of sp³-hybridized carbons (Fsp3) is 0.222. The molecule has 33 heavy (non-hydrogen) atoms. The summed E-state index contributed by atoms with van der Waals surface area (Å²) in [4.78, 5) is 20.5. The highest BCUT2D eigenvalue weighted by Crippen LogP contribution is 2.37. The van der Waals surface area contributed by atoms with E-state index in [1.165, 1.54) is 39.2 Å². The van der Waals surface area contributed by atoms with Crippen LogP contribution in [0, 0.1) is 0 Å². The van der Waals surface area contributed by atoms with Crippen molar-refractivity contribution in [3.05, 3.63) is 101 Å². The van der Waals surface area contributed by atoms with Crippen LogP contribution in [0.4, 0.5) is 0 Å². The van der Waals surface area contributed by atoms with Gasteiger partial charge in [0.2, 0.25) is 0 Å². The van der Waals surface area contributed by atoms with Crippen molar-refractivity contribution in [2.75, 3.05) is 6.54 Å². The number of amides is 1. The quantitative estimate of drug-likeness (QED) is 0.181. The van der Waals surface area contributed by atoms with Crippen LogP contribution >= 0.6 is 0 Å². The normalized spacial score (nSPS) is 15.5. The van der Waals surface area contributed by atoms with Crippen LogP contribution in [0.5, 0.6) is 0 Å². The molecule has 0 saturated heterocycles. The summed E-state index contributed by atoms with van der Waals surface area (Å²) in [6, 6.07) is 17.4. The van der Waals surface area contributed by atoms with Gasteiger partial charge in [0, 0.05) is 54.7 Å². The molecule has 1 amide bonds. The second kappa shape index (κ2) is 9.48. The van der Waals surface area contributed by atoms with Gasteiger partial charge in [0.1, 0.15) is 0 Å². The number of benzene rings is 2. The summed E-state index contributed by atoms with van der Waals surface area (Å²) in [5.41, 5.74) is 9.12. The molecule has 0 fully saturated rings. The molecular formula is C27H28N4O2. The number of rotatable bonds is 8. The summed E-state index contributed by atoms with van der Waals surface area (Å²) >= 11 is 0. The first-order valence-corrected chi connectivity index (χ1v) is 11.4. The number of carbonyl (C=O) groups excluding carboxylic acids is 1. The fourth-order valence-corrected chi connectivity index (χ4v) is 4.95. The molecule has 6 heteroatoms. The fourth-order valence-electron chi connectivity index (χ4n) is 4.95. The molecule has 2 aromatic carbocycles. The molecule has 6 nitrogen and oxygen atoms in total. The number of carbonyl (C=O) groups is 1. The van der Waals surface area contributed by atoms with Crippen molar-refractivity contribution in [1.82, 2.24) is 20.3 Å². The van der Waals surface area contributed by atoms with E-state index < -0.39 is 5.91 Å². The van der Waals surface area contributed by atoms with Crippen LogP contribution in [0.25, 0.3) is 17.0 Å². The molecule has 168 valence electrons. The van der Waals surface area contributed by atoms with Crippen LogP contribution in [0.15, 0.2) is 73.2 Å². The Bertz CT molecular complexity index is 1270. The van der Waals surface area contributed by atoms with E-state index in [2.05, 4.69) is 69.7 Å². The second-order valence-electron chi connectivity index (χ2n) is 8.62. The van der Waals surface area contributed by atoms with E-state index in [9.17, 15) is 4.79 Å². The molecule has 1 atom stereocenters. The molecule has 1 aliphatic carbocycles. The highest BCUT2D eigenvalue weighted by Gasteiger charge is 2.28. The van der Waals surface area contributed by atoms with Gasteiger partial charge in [0.25, 0.3) is 5.91 Å². The minimum atomic E-state index is -0.525. The summed E-state index contributed by atoms with van der Waals surface area (Å²) in [7, 11) is 0. The maximum Gasteiger partial charge on any atom is 0.267 e. The Kier molecular flexibility index (Phi) is 6.11. The number of hydroxylamine groups is 1. The van der Waals surface area contributed by atoms with Crippen LogP contribution in [-0.4, -0.2) is 32.5 Å². The Balaban J connectivity index is 1.37. The van der Waals surface area contributed by atoms with E-state index in [0.29, 0.717) is 6.04 Å². The molecule has 4 aromatic rings. The maximum atomic E-state index is 11.3. The topological polar surface area (TPSA) is 84.2 Å². The van der Waals surface area contributed by atoms with E-state index in [-0.39, 0.29) is 0 Å². The first-order chi connectivity index (χ1) is 16.2. The average Bonchev–Trinajstić information content (AvgIpc) is 3.60. The van der Waals surface area contributed by atoms with Gasteiger partial charge in [-0.3, -0.25) is 14.9 Å². The Morgan fingerprint density at radius 1 is 1.18 bits per heavy atom. The number of para-hydroxylation sites is 1. The number of aryl methyl sites for hydroxylation is 1. The SMILES string of the molecule is O=C(C=Cc1ccc2c(c1)CCC2N(CCc1c[nH]c2ccccc12)Cc1cc[nH]c1)NO. The second-order valence-corrected chi connectivity index (χ2v) is 8.62. The molecule has 0 saturated carbocycles. The number of fused-ring (bicyclic) bond motifs is 2. The van der Waals surface area contributed by atoms with E-state index in [1.54, 1.807) is 11.6 Å². The van der Waals surface area contributed by atoms with Crippen molar-refractivity contribution in [1.29, 1.82) is 0 Å². The van der Waals surface area contributed by atoms with Gasteiger partial charge in [0.15, 0.2) is 0 Å². The molecule has 0 aliphatic heterocycles. The van der Waals surface area contributed by atoms with Crippen molar-refractivity contribution < 1.29 is 10.0 Å². The third-order valence-electron chi connectivity index (χ3n) is 6.58.